The van der Waals surface area contributed by atoms with E-state index < -0.39 is 17.7 Å². The van der Waals surface area contributed by atoms with Crippen molar-refractivity contribution in [1.29, 1.82) is 0 Å². The van der Waals surface area contributed by atoms with Gasteiger partial charge < -0.3 is 5.32 Å². The highest BCUT2D eigenvalue weighted by Gasteiger charge is 2.13. The lowest BCUT2D eigenvalue weighted by Gasteiger charge is -2.11. The van der Waals surface area contributed by atoms with Gasteiger partial charge in [0.25, 0.3) is 0 Å². The predicted molar refractivity (Wildman–Crippen MR) is 51.7 cm³/mol. The molecule has 1 atom stereocenters. The van der Waals surface area contributed by atoms with Crippen LogP contribution in [0.2, 0.25) is 0 Å². The molecule has 1 aromatic rings. The minimum Gasteiger partial charge on any atom is -0.303 e. The third-order valence-corrected chi connectivity index (χ3v) is 2.04. The fourth-order valence-corrected chi connectivity index (χ4v) is 1.23. The zero-order valence-electron chi connectivity index (χ0n) is 8.07. The Bertz CT molecular complexity index is 380. The van der Waals surface area contributed by atoms with Crippen LogP contribution in [-0.2, 0) is 0 Å². The number of hydrogen-bond acceptors (Lipinski definition) is 1. The van der Waals surface area contributed by atoms with E-state index in [1.165, 1.54) is 6.07 Å². The lowest BCUT2D eigenvalue weighted by Crippen LogP contribution is -2.16. The molecule has 74 valence electrons. The number of halogens is 2. The fourth-order valence-electron chi connectivity index (χ4n) is 1.23. The van der Waals surface area contributed by atoms with Crippen LogP contribution >= 0.6 is 0 Å². The molecule has 0 aliphatic heterocycles. The van der Waals surface area contributed by atoms with Crippen molar-refractivity contribution < 1.29 is 8.78 Å². The molecule has 0 amide bonds. The molecule has 1 aromatic carbocycles. The molecular weight excluding hydrogens is 184 g/mol. The molecule has 0 aliphatic carbocycles. The molecule has 0 aliphatic rings. The molecule has 0 aromatic heterocycles. The first-order chi connectivity index (χ1) is 6.60. The smallest absolute Gasteiger partial charge is 0.131 e. The first-order valence-corrected chi connectivity index (χ1v) is 4.19. The van der Waals surface area contributed by atoms with Gasteiger partial charge in [0.05, 0.1) is 6.04 Å². The molecule has 0 heterocycles. The number of rotatable bonds is 2. The van der Waals surface area contributed by atoms with Gasteiger partial charge in [0.1, 0.15) is 11.6 Å². The monoisotopic (exact) mass is 195 g/mol. The summed E-state index contributed by atoms with van der Waals surface area (Å²) in [5.74, 6) is 1.20. The lowest BCUT2D eigenvalue weighted by atomic mass is 10.0. The number of terminal acetylenes is 1. The van der Waals surface area contributed by atoms with Gasteiger partial charge in [0.15, 0.2) is 0 Å². The van der Waals surface area contributed by atoms with E-state index in [0.717, 1.165) is 6.07 Å². The van der Waals surface area contributed by atoms with Crippen LogP contribution in [0, 0.1) is 30.9 Å². The Morgan fingerprint density at radius 3 is 2.50 bits per heavy atom. The van der Waals surface area contributed by atoms with Gasteiger partial charge in [0.2, 0.25) is 0 Å². The zero-order chi connectivity index (χ0) is 10.7. The number of nitrogens with one attached hydrogen (secondary N) is 1. The van der Waals surface area contributed by atoms with Crippen molar-refractivity contribution in [3.8, 4) is 12.3 Å². The molecule has 0 radical (unpaired) electrons. The van der Waals surface area contributed by atoms with E-state index >= 15 is 0 Å². The van der Waals surface area contributed by atoms with E-state index in [0.29, 0.717) is 11.1 Å². The SMILES string of the molecule is C#CC(NC)c1cc(C)c(F)cc1F. The first kappa shape index (κ1) is 10.7. The highest BCUT2D eigenvalue weighted by molar-refractivity contribution is 5.32. The molecule has 0 saturated carbocycles. The van der Waals surface area contributed by atoms with Crippen LogP contribution in [0.3, 0.4) is 0 Å². The van der Waals surface area contributed by atoms with Crippen molar-refractivity contribution >= 4 is 0 Å². The summed E-state index contributed by atoms with van der Waals surface area (Å²) in [6.45, 7) is 1.57. The fraction of sp³-hybridized carbons (Fsp3) is 0.273. The van der Waals surface area contributed by atoms with Crippen molar-refractivity contribution in [2.75, 3.05) is 7.05 Å². The molecule has 3 heteroatoms. The summed E-state index contributed by atoms with van der Waals surface area (Å²) >= 11 is 0. The van der Waals surface area contributed by atoms with Crippen LogP contribution in [-0.4, -0.2) is 7.05 Å². The average molecular weight is 195 g/mol. The van der Waals surface area contributed by atoms with Gasteiger partial charge in [-0.25, -0.2) is 8.78 Å². The predicted octanol–water partition coefficient (Wildman–Crippen LogP) is 2.17. The zero-order valence-corrected chi connectivity index (χ0v) is 8.07. The molecule has 1 nitrogen and oxygen atoms in total. The maximum Gasteiger partial charge on any atom is 0.131 e. The van der Waals surface area contributed by atoms with Crippen molar-refractivity contribution in [3.63, 3.8) is 0 Å². The van der Waals surface area contributed by atoms with Crippen LogP contribution in [0.4, 0.5) is 8.78 Å². The van der Waals surface area contributed by atoms with Crippen molar-refractivity contribution in [3.05, 3.63) is 34.9 Å². The Morgan fingerprint density at radius 2 is 2.00 bits per heavy atom. The van der Waals surface area contributed by atoms with E-state index in [4.69, 9.17) is 6.42 Å². The summed E-state index contributed by atoms with van der Waals surface area (Å²) in [4.78, 5) is 0. The average Bonchev–Trinajstić information content (AvgIpc) is 2.15. The van der Waals surface area contributed by atoms with Gasteiger partial charge in [-0.2, -0.15) is 0 Å². The molecule has 1 rings (SSSR count). The van der Waals surface area contributed by atoms with Gasteiger partial charge in [-0.1, -0.05) is 5.92 Å². The second-order valence-corrected chi connectivity index (χ2v) is 3.01. The van der Waals surface area contributed by atoms with E-state index in [9.17, 15) is 8.78 Å². The van der Waals surface area contributed by atoms with Crippen LogP contribution in [0.5, 0.6) is 0 Å². The number of aryl methyl sites for hydroxylation is 1. The Kier molecular flexibility index (Phi) is 3.21. The first-order valence-electron chi connectivity index (χ1n) is 4.19. The van der Waals surface area contributed by atoms with Gasteiger partial charge in [0, 0.05) is 11.6 Å². The molecule has 0 spiro atoms. The van der Waals surface area contributed by atoms with Crippen LogP contribution in [0.15, 0.2) is 12.1 Å². The third kappa shape index (κ3) is 1.91. The summed E-state index contributed by atoms with van der Waals surface area (Å²) in [5.41, 5.74) is 0.686. The second kappa shape index (κ2) is 4.21. The van der Waals surface area contributed by atoms with E-state index in [1.54, 1.807) is 14.0 Å². The molecule has 14 heavy (non-hydrogen) atoms. The molecule has 0 saturated heterocycles. The van der Waals surface area contributed by atoms with E-state index in [-0.39, 0.29) is 0 Å². The molecule has 0 bridgehead atoms. The topological polar surface area (TPSA) is 12.0 Å². The highest BCUT2D eigenvalue weighted by Crippen LogP contribution is 2.19. The summed E-state index contributed by atoms with van der Waals surface area (Å²) in [7, 11) is 1.63. The van der Waals surface area contributed by atoms with Crippen molar-refractivity contribution in [1.82, 2.24) is 5.32 Å². The van der Waals surface area contributed by atoms with Crippen molar-refractivity contribution in [2.24, 2.45) is 0 Å². The molecular formula is C11H11F2N. The highest BCUT2D eigenvalue weighted by atomic mass is 19.1. The van der Waals surface area contributed by atoms with Crippen LogP contribution < -0.4 is 5.32 Å². The summed E-state index contributed by atoms with van der Waals surface area (Å²) in [6, 6.07) is 1.76. The second-order valence-electron chi connectivity index (χ2n) is 3.01. The minimum atomic E-state index is -0.620. The lowest BCUT2D eigenvalue weighted by molar-refractivity contribution is 0.554. The summed E-state index contributed by atoms with van der Waals surface area (Å²) in [5, 5.41) is 2.76. The van der Waals surface area contributed by atoms with E-state index in [2.05, 4.69) is 11.2 Å². The normalized spacial score (nSPS) is 12.2. The molecule has 0 fully saturated rings. The Hall–Kier alpha value is -1.40. The summed E-state index contributed by atoms with van der Waals surface area (Å²) in [6.07, 6.45) is 5.20. The largest absolute Gasteiger partial charge is 0.303 e. The Balaban J connectivity index is 3.22. The van der Waals surface area contributed by atoms with Gasteiger partial charge >= 0.3 is 0 Å². The van der Waals surface area contributed by atoms with Gasteiger partial charge in [-0.15, -0.1) is 6.42 Å². The Labute approximate surface area is 82.1 Å². The van der Waals surface area contributed by atoms with Gasteiger partial charge in [-0.3, -0.25) is 0 Å². The minimum absolute atomic E-state index is 0.300. The molecule has 1 unspecified atom stereocenters. The number of hydrogen-bond donors (Lipinski definition) is 1. The van der Waals surface area contributed by atoms with Crippen LogP contribution in [0.25, 0.3) is 0 Å². The quantitative estimate of drug-likeness (QED) is 0.713. The maximum atomic E-state index is 13.3. The van der Waals surface area contributed by atoms with Gasteiger partial charge in [-0.05, 0) is 25.6 Å². The standard InChI is InChI=1S/C11H11F2N/c1-4-11(14-3)8-5-7(2)9(12)6-10(8)13/h1,5-6,11,14H,2-3H3. The molecule has 1 N–H and O–H groups in total. The summed E-state index contributed by atoms with van der Waals surface area (Å²) < 4.78 is 26.2. The van der Waals surface area contributed by atoms with E-state index in [1.807, 2.05) is 0 Å². The number of benzene rings is 1. The third-order valence-electron chi connectivity index (χ3n) is 2.04. The Morgan fingerprint density at radius 1 is 1.36 bits per heavy atom. The van der Waals surface area contributed by atoms with Crippen molar-refractivity contribution in [2.45, 2.75) is 13.0 Å². The maximum absolute atomic E-state index is 13.3. The van der Waals surface area contributed by atoms with Crippen LogP contribution in [0.1, 0.15) is 17.2 Å².